The van der Waals surface area contributed by atoms with Crippen molar-refractivity contribution in [1.29, 1.82) is 0 Å². The lowest BCUT2D eigenvalue weighted by molar-refractivity contribution is 0.0449. The summed E-state index contributed by atoms with van der Waals surface area (Å²) < 4.78 is 0. The van der Waals surface area contributed by atoms with Crippen molar-refractivity contribution in [2.75, 3.05) is 6.54 Å². The Labute approximate surface area is 87.1 Å². The average Bonchev–Trinajstić information content (AvgIpc) is 2.85. The summed E-state index contributed by atoms with van der Waals surface area (Å²) in [5, 5.41) is 13.6. The van der Waals surface area contributed by atoms with E-state index in [-0.39, 0.29) is 5.60 Å². The maximum atomic E-state index is 10.1. The van der Waals surface area contributed by atoms with Gasteiger partial charge in [-0.25, -0.2) is 0 Å². The lowest BCUT2D eigenvalue weighted by atomic mass is 10.0. The van der Waals surface area contributed by atoms with Gasteiger partial charge in [-0.2, -0.15) is 0 Å². The van der Waals surface area contributed by atoms with Gasteiger partial charge in [-0.05, 0) is 32.1 Å². The average molecular weight is 197 g/mol. The zero-order valence-electron chi connectivity index (χ0n) is 9.26. The fourth-order valence-corrected chi connectivity index (χ4v) is 2.51. The number of rotatable bonds is 5. The van der Waals surface area contributed by atoms with E-state index in [2.05, 4.69) is 12.2 Å². The minimum absolute atomic E-state index is 0.377. The molecule has 1 unspecified atom stereocenters. The summed E-state index contributed by atoms with van der Waals surface area (Å²) in [6, 6.07) is 0.590. The van der Waals surface area contributed by atoms with E-state index in [1.54, 1.807) is 0 Å². The molecule has 82 valence electrons. The molecule has 14 heavy (non-hydrogen) atoms. The molecule has 0 bridgehead atoms. The van der Waals surface area contributed by atoms with Gasteiger partial charge in [0, 0.05) is 12.6 Å². The number of hydrogen-bond acceptors (Lipinski definition) is 2. The fourth-order valence-electron chi connectivity index (χ4n) is 2.51. The van der Waals surface area contributed by atoms with Crippen LogP contribution in [0.1, 0.15) is 51.9 Å². The van der Waals surface area contributed by atoms with Gasteiger partial charge in [-0.15, -0.1) is 0 Å². The van der Waals surface area contributed by atoms with Crippen molar-refractivity contribution >= 4 is 0 Å². The van der Waals surface area contributed by atoms with Crippen LogP contribution in [0, 0.1) is 5.92 Å². The first-order valence-corrected chi connectivity index (χ1v) is 6.14. The van der Waals surface area contributed by atoms with E-state index in [0.717, 1.165) is 25.3 Å². The summed E-state index contributed by atoms with van der Waals surface area (Å²) in [7, 11) is 0. The van der Waals surface area contributed by atoms with Crippen LogP contribution in [0.25, 0.3) is 0 Å². The van der Waals surface area contributed by atoms with E-state index in [9.17, 15) is 5.11 Å². The SMILES string of the molecule is CC(CC1CC1)NCC1(O)CCCC1. The van der Waals surface area contributed by atoms with Crippen LogP contribution in [-0.4, -0.2) is 23.3 Å². The molecule has 0 aromatic heterocycles. The van der Waals surface area contributed by atoms with Crippen LogP contribution in [0.3, 0.4) is 0 Å². The van der Waals surface area contributed by atoms with Crippen LogP contribution >= 0.6 is 0 Å². The van der Waals surface area contributed by atoms with Gasteiger partial charge in [-0.3, -0.25) is 0 Å². The Morgan fingerprint density at radius 1 is 1.36 bits per heavy atom. The molecule has 1 atom stereocenters. The fraction of sp³-hybridized carbons (Fsp3) is 1.00. The number of nitrogens with one attached hydrogen (secondary N) is 1. The Morgan fingerprint density at radius 2 is 2.00 bits per heavy atom. The molecule has 0 amide bonds. The van der Waals surface area contributed by atoms with Gasteiger partial charge in [0.15, 0.2) is 0 Å². The smallest absolute Gasteiger partial charge is 0.0771 e. The predicted octanol–water partition coefficient (Wildman–Crippen LogP) is 2.07. The molecule has 0 heterocycles. The molecule has 0 aromatic carbocycles. The third-order valence-electron chi connectivity index (χ3n) is 3.70. The molecule has 2 rings (SSSR count). The molecule has 0 radical (unpaired) electrons. The maximum Gasteiger partial charge on any atom is 0.0771 e. The largest absolute Gasteiger partial charge is 0.389 e. The van der Waals surface area contributed by atoms with Crippen molar-refractivity contribution in [1.82, 2.24) is 5.32 Å². The standard InChI is InChI=1S/C12H23NO/c1-10(8-11-4-5-11)13-9-12(14)6-2-3-7-12/h10-11,13-14H,2-9H2,1H3. The van der Waals surface area contributed by atoms with E-state index in [4.69, 9.17) is 0 Å². The highest BCUT2D eigenvalue weighted by atomic mass is 16.3. The Morgan fingerprint density at radius 3 is 2.57 bits per heavy atom. The Kier molecular flexibility index (Phi) is 3.13. The van der Waals surface area contributed by atoms with E-state index >= 15 is 0 Å². The molecule has 2 aliphatic carbocycles. The first kappa shape index (κ1) is 10.4. The van der Waals surface area contributed by atoms with Gasteiger partial charge in [0.05, 0.1) is 5.60 Å². The third kappa shape index (κ3) is 2.96. The van der Waals surface area contributed by atoms with Crippen LogP contribution in [0.4, 0.5) is 0 Å². The summed E-state index contributed by atoms with van der Waals surface area (Å²) >= 11 is 0. The van der Waals surface area contributed by atoms with Crippen LogP contribution in [0.2, 0.25) is 0 Å². The predicted molar refractivity (Wildman–Crippen MR) is 58.2 cm³/mol. The van der Waals surface area contributed by atoms with E-state index < -0.39 is 0 Å². The number of hydrogen-bond donors (Lipinski definition) is 2. The molecule has 2 aliphatic rings. The minimum Gasteiger partial charge on any atom is -0.389 e. The molecule has 2 N–H and O–H groups in total. The van der Waals surface area contributed by atoms with E-state index in [1.807, 2.05) is 0 Å². The van der Waals surface area contributed by atoms with Crippen molar-refractivity contribution in [3.63, 3.8) is 0 Å². The van der Waals surface area contributed by atoms with Crippen molar-refractivity contribution in [3.8, 4) is 0 Å². The van der Waals surface area contributed by atoms with Crippen LogP contribution in [0.5, 0.6) is 0 Å². The highest BCUT2D eigenvalue weighted by Crippen LogP contribution is 2.34. The highest BCUT2D eigenvalue weighted by molar-refractivity contribution is 4.88. The van der Waals surface area contributed by atoms with Gasteiger partial charge in [0.25, 0.3) is 0 Å². The Balaban J connectivity index is 1.64. The molecule has 2 heteroatoms. The van der Waals surface area contributed by atoms with Crippen molar-refractivity contribution in [2.24, 2.45) is 5.92 Å². The van der Waals surface area contributed by atoms with E-state index in [1.165, 1.54) is 32.1 Å². The van der Waals surface area contributed by atoms with E-state index in [0.29, 0.717) is 6.04 Å². The highest BCUT2D eigenvalue weighted by Gasteiger charge is 2.31. The molecular formula is C12H23NO. The minimum atomic E-state index is -0.377. The van der Waals surface area contributed by atoms with Crippen LogP contribution in [0.15, 0.2) is 0 Å². The van der Waals surface area contributed by atoms with Gasteiger partial charge in [0.2, 0.25) is 0 Å². The third-order valence-corrected chi connectivity index (χ3v) is 3.70. The van der Waals surface area contributed by atoms with Gasteiger partial charge < -0.3 is 10.4 Å². The molecular weight excluding hydrogens is 174 g/mol. The topological polar surface area (TPSA) is 32.3 Å². The quantitative estimate of drug-likeness (QED) is 0.707. The summed E-state index contributed by atoms with van der Waals surface area (Å²) in [5.41, 5.74) is -0.377. The monoisotopic (exact) mass is 197 g/mol. The zero-order chi connectivity index (χ0) is 10.0. The second-order valence-corrected chi connectivity index (χ2v) is 5.39. The van der Waals surface area contributed by atoms with Crippen LogP contribution < -0.4 is 5.32 Å². The first-order chi connectivity index (χ1) is 6.68. The molecule has 0 saturated heterocycles. The normalized spacial score (nSPS) is 27.9. The zero-order valence-corrected chi connectivity index (χ0v) is 9.26. The summed E-state index contributed by atoms with van der Waals surface area (Å²) in [6.45, 7) is 3.05. The van der Waals surface area contributed by atoms with Crippen LogP contribution in [-0.2, 0) is 0 Å². The van der Waals surface area contributed by atoms with Crippen molar-refractivity contribution in [2.45, 2.75) is 63.5 Å². The summed E-state index contributed by atoms with van der Waals surface area (Å²) in [4.78, 5) is 0. The molecule has 2 saturated carbocycles. The summed E-state index contributed by atoms with van der Waals surface area (Å²) in [6.07, 6.45) is 8.55. The second kappa shape index (κ2) is 4.19. The lowest BCUT2D eigenvalue weighted by Gasteiger charge is -2.25. The van der Waals surface area contributed by atoms with Crippen molar-refractivity contribution < 1.29 is 5.11 Å². The molecule has 0 aromatic rings. The number of aliphatic hydroxyl groups is 1. The maximum absolute atomic E-state index is 10.1. The second-order valence-electron chi connectivity index (χ2n) is 5.39. The van der Waals surface area contributed by atoms with Gasteiger partial charge >= 0.3 is 0 Å². The summed E-state index contributed by atoms with van der Waals surface area (Å²) in [5.74, 6) is 0.982. The first-order valence-electron chi connectivity index (χ1n) is 6.14. The van der Waals surface area contributed by atoms with Gasteiger partial charge in [0.1, 0.15) is 0 Å². The lowest BCUT2D eigenvalue weighted by Crippen LogP contribution is -2.41. The Hall–Kier alpha value is -0.0800. The molecule has 0 aliphatic heterocycles. The molecule has 2 nitrogen and oxygen atoms in total. The molecule has 0 spiro atoms. The van der Waals surface area contributed by atoms with Crippen molar-refractivity contribution in [3.05, 3.63) is 0 Å². The molecule has 2 fully saturated rings. The Bertz CT molecular complexity index is 183. The van der Waals surface area contributed by atoms with Gasteiger partial charge in [-0.1, -0.05) is 25.7 Å².